The molecule has 0 bridgehead atoms. The van der Waals surface area contributed by atoms with Gasteiger partial charge in [-0.25, -0.2) is 9.78 Å². The molecule has 0 spiro atoms. The molecule has 0 saturated carbocycles. The number of hydrogen-bond donors (Lipinski definition) is 1. The molecular formula is C15H13BrClNO3. The molecule has 1 N–H and O–H groups in total. The first-order chi connectivity index (χ1) is 9.90. The van der Waals surface area contributed by atoms with Gasteiger partial charge in [-0.2, -0.15) is 0 Å². The number of aromatic carboxylic acids is 1. The van der Waals surface area contributed by atoms with Gasteiger partial charge in [-0.05, 0) is 35.7 Å². The maximum atomic E-state index is 11.1. The average Bonchev–Trinajstić information content (AvgIpc) is 2.42. The smallest absolute Gasteiger partial charge is 0.337 e. The molecule has 0 aliphatic heterocycles. The van der Waals surface area contributed by atoms with Crippen LogP contribution in [0.2, 0.25) is 5.02 Å². The number of ether oxygens (including phenoxy) is 1. The summed E-state index contributed by atoms with van der Waals surface area (Å²) in [6.45, 7) is 4.08. The number of carboxylic acid groups (broad SMARTS) is 1. The van der Waals surface area contributed by atoms with Gasteiger partial charge in [-0.3, -0.25) is 0 Å². The highest BCUT2D eigenvalue weighted by molar-refractivity contribution is 9.10. The van der Waals surface area contributed by atoms with E-state index in [9.17, 15) is 4.79 Å². The molecule has 6 heteroatoms. The Balaban J connectivity index is 2.44. The Morgan fingerprint density at radius 3 is 2.71 bits per heavy atom. The van der Waals surface area contributed by atoms with Gasteiger partial charge in [0.25, 0.3) is 0 Å². The predicted octanol–water partition coefficient (Wildman–Crippen LogP) is 5.11. The Hall–Kier alpha value is -1.59. The van der Waals surface area contributed by atoms with Gasteiger partial charge in [-0.1, -0.05) is 41.4 Å². The van der Waals surface area contributed by atoms with Crippen LogP contribution in [0.5, 0.6) is 11.6 Å². The summed E-state index contributed by atoms with van der Waals surface area (Å²) in [5.74, 6) is -0.197. The van der Waals surface area contributed by atoms with Crippen molar-refractivity contribution >= 4 is 33.5 Å². The number of nitrogens with zero attached hydrogens (tertiary/aromatic N) is 1. The van der Waals surface area contributed by atoms with Crippen LogP contribution < -0.4 is 4.74 Å². The van der Waals surface area contributed by atoms with Crippen molar-refractivity contribution in [1.29, 1.82) is 0 Å². The van der Waals surface area contributed by atoms with Crippen LogP contribution in [0, 0.1) is 0 Å². The van der Waals surface area contributed by atoms with Crippen molar-refractivity contribution in [2.24, 2.45) is 0 Å². The Morgan fingerprint density at radius 1 is 1.38 bits per heavy atom. The molecule has 2 aromatic rings. The van der Waals surface area contributed by atoms with E-state index in [1.807, 2.05) is 26.0 Å². The van der Waals surface area contributed by atoms with Gasteiger partial charge in [0.05, 0.1) is 5.56 Å². The van der Waals surface area contributed by atoms with Crippen molar-refractivity contribution < 1.29 is 14.6 Å². The largest absolute Gasteiger partial charge is 0.478 e. The van der Waals surface area contributed by atoms with Crippen molar-refractivity contribution in [2.75, 3.05) is 0 Å². The Morgan fingerprint density at radius 2 is 2.10 bits per heavy atom. The lowest BCUT2D eigenvalue weighted by atomic mass is 10.0. The minimum Gasteiger partial charge on any atom is -0.478 e. The summed E-state index contributed by atoms with van der Waals surface area (Å²) >= 11 is 9.46. The molecule has 0 fully saturated rings. The molecular weight excluding hydrogens is 358 g/mol. The van der Waals surface area contributed by atoms with E-state index in [1.54, 1.807) is 6.07 Å². The zero-order valence-corrected chi connectivity index (χ0v) is 13.8. The van der Waals surface area contributed by atoms with Gasteiger partial charge in [0.2, 0.25) is 5.88 Å². The number of rotatable bonds is 4. The van der Waals surface area contributed by atoms with Crippen molar-refractivity contribution in [1.82, 2.24) is 4.98 Å². The molecule has 0 radical (unpaired) electrons. The van der Waals surface area contributed by atoms with Crippen LogP contribution in [0.1, 0.15) is 35.7 Å². The lowest BCUT2D eigenvalue weighted by molar-refractivity contribution is 0.0696. The highest BCUT2D eigenvalue weighted by Crippen LogP contribution is 2.35. The summed E-state index contributed by atoms with van der Waals surface area (Å²) in [6.07, 6.45) is 1.36. The zero-order chi connectivity index (χ0) is 15.6. The second-order valence-corrected chi connectivity index (χ2v) is 6.02. The molecule has 110 valence electrons. The van der Waals surface area contributed by atoms with Crippen LogP contribution in [0.3, 0.4) is 0 Å². The van der Waals surface area contributed by atoms with E-state index in [1.165, 1.54) is 12.3 Å². The lowest BCUT2D eigenvalue weighted by Gasteiger charge is -2.14. The van der Waals surface area contributed by atoms with Crippen LogP contribution in [0.4, 0.5) is 0 Å². The summed E-state index contributed by atoms with van der Waals surface area (Å²) in [4.78, 5) is 15.1. The van der Waals surface area contributed by atoms with Gasteiger partial charge in [0.15, 0.2) is 0 Å². The fourth-order valence-electron chi connectivity index (χ4n) is 1.83. The van der Waals surface area contributed by atoms with Crippen LogP contribution in [-0.2, 0) is 0 Å². The fraction of sp³-hybridized carbons (Fsp3) is 0.200. The van der Waals surface area contributed by atoms with E-state index in [0.29, 0.717) is 5.75 Å². The van der Waals surface area contributed by atoms with Crippen molar-refractivity contribution in [2.45, 2.75) is 19.8 Å². The highest BCUT2D eigenvalue weighted by atomic mass is 79.9. The van der Waals surface area contributed by atoms with E-state index in [2.05, 4.69) is 20.9 Å². The quantitative estimate of drug-likeness (QED) is 0.812. The maximum absolute atomic E-state index is 11.1. The number of halogens is 2. The standard InChI is InChI=1S/C15H13BrClNO3/c1-8(2)11-7-9(16)3-4-12(11)21-14-13(17)10(15(19)20)5-6-18-14/h3-8H,1-2H3,(H,19,20). The second-order valence-electron chi connectivity index (χ2n) is 4.72. The third-order valence-corrected chi connectivity index (χ3v) is 3.75. The average molecular weight is 371 g/mol. The molecule has 0 aliphatic carbocycles. The third kappa shape index (κ3) is 3.54. The number of hydrogen-bond acceptors (Lipinski definition) is 3. The molecule has 1 aromatic heterocycles. The number of pyridine rings is 1. The van der Waals surface area contributed by atoms with Gasteiger partial charge in [-0.15, -0.1) is 0 Å². The van der Waals surface area contributed by atoms with E-state index in [0.717, 1.165) is 10.0 Å². The second kappa shape index (κ2) is 6.45. The van der Waals surface area contributed by atoms with Crippen LogP contribution in [0.25, 0.3) is 0 Å². The Labute approximate surface area is 135 Å². The first-order valence-corrected chi connectivity index (χ1v) is 7.42. The molecule has 1 aromatic carbocycles. The monoisotopic (exact) mass is 369 g/mol. The van der Waals surface area contributed by atoms with Crippen LogP contribution in [-0.4, -0.2) is 16.1 Å². The van der Waals surface area contributed by atoms with E-state index >= 15 is 0 Å². The Kier molecular flexibility index (Phi) is 4.85. The van der Waals surface area contributed by atoms with Gasteiger partial charge < -0.3 is 9.84 Å². The van der Waals surface area contributed by atoms with Crippen molar-refractivity contribution in [3.8, 4) is 11.6 Å². The third-order valence-electron chi connectivity index (χ3n) is 2.89. The normalized spacial score (nSPS) is 10.7. The van der Waals surface area contributed by atoms with Crippen molar-refractivity contribution in [3.05, 3.63) is 51.1 Å². The first kappa shape index (κ1) is 15.8. The van der Waals surface area contributed by atoms with E-state index in [4.69, 9.17) is 21.4 Å². The Bertz CT molecular complexity index is 689. The number of carbonyl (C=O) groups is 1. The molecule has 4 nitrogen and oxygen atoms in total. The summed E-state index contributed by atoms with van der Waals surface area (Å²) in [5.41, 5.74) is 0.938. The van der Waals surface area contributed by atoms with Gasteiger partial charge >= 0.3 is 5.97 Å². The van der Waals surface area contributed by atoms with E-state index in [-0.39, 0.29) is 22.4 Å². The van der Waals surface area contributed by atoms with E-state index < -0.39 is 5.97 Å². The maximum Gasteiger partial charge on any atom is 0.337 e. The fourth-order valence-corrected chi connectivity index (χ4v) is 2.44. The molecule has 0 unspecified atom stereocenters. The molecule has 0 saturated heterocycles. The van der Waals surface area contributed by atoms with Gasteiger partial charge in [0.1, 0.15) is 10.8 Å². The van der Waals surface area contributed by atoms with Crippen LogP contribution >= 0.6 is 27.5 Å². The zero-order valence-electron chi connectivity index (χ0n) is 11.4. The molecule has 1 heterocycles. The molecule has 0 aliphatic rings. The summed E-state index contributed by atoms with van der Waals surface area (Å²) in [6, 6.07) is 6.93. The summed E-state index contributed by atoms with van der Waals surface area (Å²) in [5, 5.41) is 9.05. The molecule has 2 rings (SSSR count). The highest BCUT2D eigenvalue weighted by Gasteiger charge is 2.17. The van der Waals surface area contributed by atoms with Gasteiger partial charge in [0, 0.05) is 10.7 Å². The first-order valence-electron chi connectivity index (χ1n) is 6.25. The number of benzene rings is 1. The molecule has 21 heavy (non-hydrogen) atoms. The van der Waals surface area contributed by atoms with Crippen molar-refractivity contribution in [3.63, 3.8) is 0 Å². The van der Waals surface area contributed by atoms with Crippen LogP contribution in [0.15, 0.2) is 34.9 Å². The summed E-state index contributed by atoms with van der Waals surface area (Å²) in [7, 11) is 0. The number of aromatic nitrogens is 1. The SMILES string of the molecule is CC(C)c1cc(Br)ccc1Oc1nccc(C(=O)O)c1Cl. The topological polar surface area (TPSA) is 59.4 Å². The molecule has 0 amide bonds. The minimum absolute atomic E-state index is 0.0115. The number of carboxylic acids is 1. The molecule has 0 atom stereocenters. The minimum atomic E-state index is -1.12. The lowest BCUT2D eigenvalue weighted by Crippen LogP contribution is -2.01. The predicted molar refractivity (Wildman–Crippen MR) is 84.5 cm³/mol. The summed E-state index contributed by atoms with van der Waals surface area (Å²) < 4.78 is 6.66.